The van der Waals surface area contributed by atoms with Crippen LogP contribution in [0.15, 0.2) is 55.0 Å². The van der Waals surface area contributed by atoms with Crippen LogP contribution >= 0.6 is 0 Å². The summed E-state index contributed by atoms with van der Waals surface area (Å²) in [6.45, 7) is 2.03. The van der Waals surface area contributed by atoms with E-state index in [1.807, 2.05) is 37.3 Å². The summed E-state index contributed by atoms with van der Waals surface area (Å²) in [5.74, 6) is 0.535. The molecule has 3 rings (SSSR count). The molecule has 3 N–H and O–H groups in total. The van der Waals surface area contributed by atoms with Crippen molar-refractivity contribution in [3.63, 3.8) is 0 Å². The highest BCUT2D eigenvalue weighted by Gasteiger charge is 2.10. The van der Waals surface area contributed by atoms with E-state index in [1.165, 1.54) is 0 Å². The first-order chi connectivity index (χ1) is 10.2. The van der Waals surface area contributed by atoms with Crippen LogP contribution in [-0.2, 0) is 0 Å². The Morgan fingerprint density at radius 3 is 2.52 bits per heavy atom. The van der Waals surface area contributed by atoms with Crippen molar-refractivity contribution in [3.05, 3.63) is 60.6 Å². The number of anilines is 3. The molecule has 0 saturated carbocycles. The number of nitrogen functional groups attached to an aromatic ring is 1. The molecule has 0 unspecified atom stereocenters. The fraction of sp³-hybridized carbons (Fsp3) is 0.0625. The van der Waals surface area contributed by atoms with Gasteiger partial charge in [-0.1, -0.05) is 6.07 Å². The minimum Gasteiger partial charge on any atom is -0.399 e. The molecule has 0 fully saturated rings. The number of hydrogen-bond donors (Lipinski definition) is 2. The number of nitrogens with one attached hydrogen (secondary N) is 1. The van der Waals surface area contributed by atoms with Crippen molar-refractivity contribution in [1.29, 1.82) is 0 Å². The van der Waals surface area contributed by atoms with Crippen LogP contribution in [0.1, 0.15) is 5.56 Å². The van der Waals surface area contributed by atoms with Crippen LogP contribution in [-0.4, -0.2) is 15.0 Å². The summed E-state index contributed by atoms with van der Waals surface area (Å²) in [7, 11) is 0. The van der Waals surface area contributed by atoms with Crippen LogP contribution < -0.4 is 11.1 Å². The SMILES string of the molecule is Cc1ccc(N)cc1-c1ncccc1Nc1ncccn1. The molecular formula is C16H15N5. The van der Waals surface area contributed by atoms with E-state index in [0.717, 1.165) is 22.5 Å². The molecule has 2 heterocycles. The molecule has 0 saturated heterocycles. The van der Waals surface area contributed by atoms with Gasteiger partial charge in [0.2, 0.25) is 5.95 Å². The maximum Gasteiger partial charge on any atom is 0.227 e. The maximum absolute atomic E-state index is 5.89. The highest BCUT2D eigenvalue weighted by molar-refractivity contribution is 5.79. The Labute approximate surface area is 122 Å². The van der Waals surface area contributed by atoms with E-state index in [0.29, 0.717) is 11.6 Å². The van der Waals surface area contributed by atoms with Crippen LogP contribution in [0.25, 0.3) is 11.3 Å². The molecule has 0 atom stereocenters. The second-order valence-corrected chi connectivity index (χ2v) is 4.67. The minimum absolute atomic E-state index is 0.535. The number of aromatic nitrogens is 3. The van der Waals surface area contributed by atoms with Crippen molar-refractivity contribution in [3.8, 4) is 11.3 Å². The van der Waals surface area contributed by atoms with E-state index >= 15 is 0 Å². The van der Waals surface area contributed by atoms with Gasteiger partial charge in [0.1, 0.15) is 0 Å². The summed E-state index contributed by atoms with van der Waals surface area (Å²) < 4.78 is 0. The van der Waals surface area contributed by atoms with Gasteiger partial charge in [0.25, 0.3) is 0 Å². The van der Waals surface area contributed by atoms with Gasteiger partial charge < -0.3 is 11.1 Å². The number of rotatable bonds is 3. The molecule has 0 aliphatic carbocycles. The van der Waals surface area contributed by atoms with E-state index < -0.39 is 0 Å². The lowest BCUT2D eigenvalue weighted by molar-refractivity contribution is 1.16. The molecule has 2 aromatic heterocycles. The maximum atomic E-state index is 5.89. The van der Waals surface area contributed by atoms with Crippen molar-refractivity contribution in [1.82, 2.24) is 15.0 Å². The molecule has 5 heteroatoms. The van der Waals surface area contributed by atoms with Crippen molar-refractivity contribution >= 4 is 17.3 Å². The molecule has 5 nitrogen and oxygen atoms in total. The smallest absolute Gasteiger partial charge is 0.227 e. The third-order valence-electron chi connectivity index (χ3n) is 3.14. The minimum atomic E-state index is 0.535. The summed E-state index contributed by atoms with van der Waals surface area (Å²) >= 11 is 0. The Balaban J connectivity index is 2.06. The predicted molar refractivity (Wildman–Crippen MR) is 84.1 cm³/mol. The number of aryl methyl sites for hydroxylation is 1. The summed E-state index contributed by atoms with van der Waals surface area (Å²) in [5.41, 5.74) is 10.4. The Morgan fingerprint density at radius 2 is 1.71 bits per heavy atom. The number of nitrogens with zero attached hydrogens (tertiary/aromatic N) is 3. The second kappa shape index (κ2) is 5.58. The molecule has 0 aliphatic heterocycles. The van der Waals surface area contributed by atoms with E-state index in [4.69, 9.17) is 5.73 Å². The Morgan fingerprint density at radius 1 is 0.952 bits per heavy atom. The van der Waals surface area contributed by atoms with Gasteiger partial charge in [-0.3, -0.25) is 4.98 Å². The standard InChI is InChI=1S/C16H15N5/c1-11-5-6-12(17)10-13(11)15-14(4-2-7-18-15)21-16-19-8-3-9-20-16/h2-10H,17H2,1H3,(H,19,20,21). The number of nitrogens with two attached hydrogens (primary N) is 1. The zero-order valence-electron chi connectivity index (χ0n) is 11.6. The summed E-state index contributed by atoms with van der Waals surface area (Å²) in [4.78, 5) is 12.8. The summed E-state index contributed by atoms with van der Waals surface area (Å²) in [6.07, 6.45) is 5.14. The van der Waals surface area contributed by atoms with Gasteiger partial charge >= 0.3 is 0 Å². The van der Waals surface area contributed by atoms with Crippen LogP contribution in [0, 0.1) is 6.92 Å². The number of benzene rings is 1. The van der Waals surface area contributed by atoms with Crippen molar-refractivity contribution in [2.45, 2.75) is 6.92 Å². The van der Waals surface area contributed by atoms with Gasteiger partial charge in [-0.25, -0.2) is 9.97 Å². The zero-order valence-corrected chi connectivity index (χ0v) is 11.6. The quantitative estimate of drug-likeness (QED) is 0.719. The van der Waals surface area contributed by atoms with Crippen molar-refractivity contribution in [2.75, 3.05) is 11.1 Å². The van der Waals surface area contributed by atoms with E-state index in [-0.39, 0.29) is 0 Å². The average Bonchev–Trinajstić information content (AvgIpc) is 2.51. The first-order valence-corrected chi connectivity index (χ1v) is 6.59. The topological polar surface area (TPSA) is 76.7 Å². The lowest BCUT2D eigenvalue weighted by Crippen LogP contribution is -2.00. The molecule has 104 valence electrons. The van der Waals surface area contributed by atoms with Gasteiger partial charge in [0.05, 0.1) is 11.4 Å². The molecule has 0 radical (unpaired) electrons. The van der Waals surface area contributed by atoms with Crippen LogP contribution in [0.5, 0.6) is 0 Å². The Kier molecular flexibility index (Phi) is 3.47. The third-order valence-corrected chi connectivity index (χ3v) is 3.14. The number of pyridine rings is 1. The first-order valence-electron chi connectivity index (χ1n) is 6.59. The van der Waals surface area contributed by atoms with Crippen molar-refractivity contribution < 1.29 is 0 Å². The highest BCUT2D eigenvalue weighted by Crippen LogP contribution is 2.30. The van der Waals surface area contributed by atoms with E-state index in [2.05, 4.69) is 20.3 Å². The number of hydrogen-bond acceptors (Lipinski definition) is 5. The summed E-state index contributed by atoms with van der Waals surface area (Å²) in [5, 5.41) is 3.19. The van der Waals surface area contributed by atoms with E-state index in [9.17, 15) is 0 Å². The van der Waals surface area contributed by atoms with Gasteiger partial charge in [-0.15, -0.1) is 0 Å². The molecular weight excluding hydrogens is 262 g/mol. The average molecular weight is 277 g/mol. The Bertz CT molecular complexity index is 756. The van der Waals surface area contributed by atoms with Crippen LogP contribution in [0.3, 0.4) is 0 Å². The molecule has 21 heavy (non-hydrogen) atoms. The monoisotopic (exact) mass is 277 g/mol. The lowest BCUT2D eigenvalue weighted by Gasteiger charge is -2.12. The van der Waals surface area contributed by atoms with Gasteiger partial charge in [-0.05, 0) is 42.8 Å². The molecule has 0 spiro atoms. The molecule has 3 aromatic rings. The highest BCUT2D eigenvalue weighted by atomic mass is 15.1. The molecule has 1 aromatic carbocycles. The van der Waals surface area contributed by atoms with Crippen LogP contribution in [0.2, 0.25) is 0 Å². The predicted octanol–water partition coefficient (Wildman–Crippen LogP) is 3.17. The van der Waals surface area contributed by atoms with Crippen LogP contribution in [0.4, 0.5) is 17.3 Å². The van der Waals surface area contributed by atoms with Gasteiger partial charge in [0, 0.05) is 29.8 Å². The molecule has 0 bridgehead atoms. The molecule has 0 aliphatic rings. The second-order valence-electron chi connectivity index (χ2n) is 4.67. The third kappa shape index (κ3) is 2.81. The lowest BCUT2D eigenvalue weighted by atomic mass is 10.0. The first kappa shape index (κ1) is 13.1. The largest absolute Gasteiger partial charge is 0.399 e. The van der Waals surface area contributed by atoms with E-state index in [1.54, 1.807) is 24.7 Å². The van der Waals surface area contributed by atoms with Gasteiger partial charge in [-0.2, -0.15) is 0 Å². The Hall–Kier alpha value is -2.95. The fourth-order valence-corrected chi connectivity index (χ4v) is 2.10. The van der Waals surface area contributed by atoms with Crippen molar-refractivity contribution in [2.24, 2.45) is 0 Å². The zero-order chi connectivity index (χ0) is 14.7. The van der Waals surface area contributed by atoms with Gasteiger partial charge in [0.15, 0.2) is 0 Å². The normalized spacial score (nSPS) is 10.3. The molecule has 0 amide bonds. The fourth-order valence-electron chi connectivity index (χ4n) is 2.10. The summed E-state index contributed by atoms with van der Waals surface area (Å²) in [6, 6.07) is 11.4.